The second-order valence-electron chi connectivity index (χ2n) is 7.80. The molecule has 0 radical (unpaired) electrons. The lowest BCUT2D eigenvalue weighted by molar-refractivity contribution is -0.121. The largest absolute Gasteiger partial charge is 0.368 e. The van der Waals surface area contributed by atoms with E-state index in [1.807, 2.05) is 18.1 Å². The number of carbonyl (C=O) groups is 1. The first kappa shape index (κ1) is 21.9. The molecule has 1 aromatic heterocycles. The van der Waals surface area contributed by atoms with Crippen LogP contribution in [0.2, 0.25) is 0 Å². The molecule has 1 aliphatic heterocycles. The zero-order valence-electron chi connectivity index (χ0n) is 16.9. The Balaban J connectivity index is 2.37. The third-order valence-corrected chi connectivity index (χ3v) is 6.30. The van der Waals surface area contributed by atoms with Gasteiger partial charge in [0.1, 0.15) is 12.2 Å². The maximum atomic E-state index is 13.0. The van der Waals surface area contributed by atoms with E-state index in [4.69, 9.17) is 5.73 Å². The molecule has 0 aliphatic carbocycles. The molecule has 1 aromatic rings. The lowest BCUT2D eigenvalue weighted by Gasteiger charge is -2.34. The number of thioether (sulfide) groups is 1. The summed E-state index contributed by atoms with van der Waals surface area (Å²) in [4.78, 5) is 27.1. The van der Waals surface area contributed by atoms with Crippen LogP contribution in [0.15, 0.2) is 4.79 Å². The van der Waals surface area contributed by atoms with Crippen LogP contribution < -0.4 is 11.3 Å². The third-order valence-electron chi connectivity index (χ3n) is 5.24. The normalized spacial score (nSPS) is 17.7. The lowest BCUT2D eigenvalue weighted by atomic mass is 10.0. The highest BCUT2D eigenvalue weighted by Gasteiger charge is 2.32. The summed E-state index contributed by atoms with van der Waals surface area (Å²) in [6.07, 6.45) is 2.55. The molecular weight excluding hydrogens is 367 g/mol. The number of nitrogens with two attached hydrogens (primary N) is 1. The van der Waals surface area contributed by atoms with Crippen LogP contribution in [0.4, 0.5) is 4.39 Å². The Morgan fingerprint density at radius 1 is 1.33 bits per heavy atom. The van der Waals surface area contributed by atoms with Gasteiger partial charge in [-0.3, -0.25) is 14.5 Å². The molecule has 1 fully saturated rings. The molecule has 0 saturated carbocycles. The van der Waals surface area contributed by atoms with Gasteiger partial charge in [0.15, 0.2) is 0 Å². The number of alkyl halides is 1. The molecule has 2 unspecified atom stereocenters. The Hall–Kier alpha value is -1.41. The molecule has 0 spiro atoms. The zero-order chi connectivity index (χ0) is 20.3. The Bertz CT molecular complexity index is 731. The second-order valence-corrected chi connectivity index (χ2v) is 8.88. The number of hydrogen-bond acceptors (Lipinski definition) is 5. The van der Waals surface area contributed by atoms with Crippen LogP contribution >= 0.6 is 11.8 Å². The van der Waals surface area contributed by atoms with Crippen molar-refractivity contribution in [3.8, 4) is 0 Å². The first-order chi connectivity index (χ1) is 12.6. The summed E-state index contributed by atoms with van der Waals surface area (Å²) in [7, 11) is 0. The summed E-state index contributed by atoms with van der Waals surface area (Å²) in [5.74, 6) is -0.173. The Kier molecular flexibility index (Phi) is 7.45. The molecule has 152 valence electrons. The van der Waals surface area contributed by atoms with E-state index in [1.165, 1.54) is 16.4 Å². The minimum Gasteiger partial charge on any atom is -0.368 e. The van der Waals surface area contributed by atoms with Gasteiger partial charge in [0.05, 0.1) is 5.69 Å². The van der Waals surface area contributed by atoms with Crippen LogP contribution in [0.1, 0.15) is 43.1 Å². The fourth-order valence-electron chi connectivity index (χ4n) is 3.46. The molecule has 6 nitrogen and oxygen atoms in total. The van der Waals surface area contributed by atoms with E-state index in [1.54, 1.807) is 6.92 Å². The highest BCUT2D eigenvalue weighted by atomic mass is 32.2. The summed E-state index contributed by atoms with van der Waals surface area (Å²) >= 11 is 1.53. The van der Waals surface area contributed by atoms with Crippen LogP contribution in [0.5, 0.6) is 0 Å². The van der Waals surface area contributed by atoms with E-state index in [0.717, 1.165) is 17.7 Å². The molecule has 0 bridgehead atoms. The van der Waals surface area contributed by atoms with Crippen LogP contribution in [0.25, 0.3) is 0 Å². The minimum atomic E-state index is -0.785. The fourth-order valence-corrected chi connectivity index (χ4v) is 4.54. The van der Waals surface area contributed by atoms with E-state index in [2.05, 4.69) is 18.9 Å². The van der Waals surface area contributed by atoms with Gasteiger partial charge in [0.25, 0.3) is 5.56 Å². The average molecular weight is 399 g/mol. The van der Waals surface area contributed by atoms with Gasteiger partial charge in [-0.05, 0) is 38.0 Å². The number of hydrogen-bond donors (Lipinski definition) is 1. The van der Waals surface area contributed by atoms with Crippen LogP contribution in [-0.4, -0.2) is 57.9 Å². The number of rotatable bonds is 9. The molecule has 1 saturated heterocycles. The highest BCUT2D eigenvalue weighted by molar-refractivity contribution is 7.99. The monoisotopic (exact) mass is 398 g/mol. The number of nitrogens with zero attached hydrogens (tertiary/aromatic N) is 3. The third kappa shape index (κ3) is 5.10. The highest BCUT2D eigenvalue weighted by Crippen LogP contribution is 2.27. The molecule has 2 atom stereocenters. The van der Waals surface area contributed by atoms with Crippen molar-refractivity contribution in [2.24, 2.45) is 11.7 Å². The van der Waals surface area contributed by atoms with E-state index in [-0.39, 0.29) is 10.8 Å². The summed E-state index contributed by atoms with van der Waals surface area (Å²) in [5.41, 5.74) is 7.62. The number of amides is 1. The molecule has 27 heavy (non-hydrogen) atoms. The summed E-state index contributed by atoms with van der Waals surface area (Å²) < 4.78 is 14.3. The van der Waals surface area contributed by atoms with Crippen LogP contribution in [-0.2, 0) is 11.2 Å². The van der Waals surface area contributed by atoms with E-state index < -0.39 is 18.1 Å². The van der Waals surface area contributed by atoms with Gasteiger partial charge in [0, 0.05) is 36.9 Å². The average Bonchev–Trinajstić information content (AvgIpc) is 2.57. The molecule has 1 aliphatic rings. The van der Waals surface area contributed by atoms with Crippen molar-refractivity contribution in [3.05, 3.63) is 27.2 Å². The van der Waals surface area contributed by atoms with Gasteiger partial charge in [0.2, 0.25) is 5.91 Å². The predicted octanol–water partition coefficient (Wildman–Crippen LogP) is 1.86. The maximum Gasteiger partial charge on any atom is 0.270 e. The van der Waals surface area contributed by atoms with E-state index in [9.17, 15) is 14.0 Å². The summed E-state index contributed by atoms with van der Waals surface area (Å²) in [5, 5.41) is 4.43. The van der Waals surface area contributed by atoms with Crippen molar-refractivity contribution in [2.75, 3.05) is 25.9 Å². The number of primary amides is 1. The molecule has 0 aromatic carbocycles. The predicted molar refractivity (Wildman–Crippen MR) is 108 cm³/mol. The smallest absolute Gasteiger partial charge is 0.270 e. The number of carbonyl (C=O) groups excluding carboxylic acids is 1. The summed E-state index contributed by atoms with van der Waals surface area (Å²) in [6.45, 7) is 9.37. The first-order valence-electron chi connectivity index (χ1n) is 9.43. The second kappa shape index (κ2) is 9.19. The molecular formula is C19H31FN4O2S. The number of likely N-dealkylation sites (tertiary alicyclic amines) is 1. The number of halogens is 1. The van der Waals surface area contributed by atoms with Crippen LogP contribution in [0, 0.1) is 19.8 Å². The maximum absolute atomic E-state index is 13.0. The van der Waals surface area contributed by atoms with E-state index >= 15 is 0 Å². The topological polar surface area (TPSA) is 81.2 Å². The van der Waals surface area contributed by atoms with Gasteiger partial charge >= 0.3 is 0 Å². The van der Waals surface area contributed by atoms with Gasteiger partial charge in [-0.2, -0.15) is 16.9 Å². The fraction of sp³-hybridized carbons (Fsp3) is 0.737. The molecule has 8 heteroatoms. The van der Waals surface area contributed by atoms with Crippen molar-refractivity contribution in [1.82, 2.24) is 14.7 Å². The summed E-state index contributed by atoms with van der Waals surface area (Å²) in [6, 6.07) is -0.785. The van der Waals surface area contributed by atoms with Crippen molar-refractivity contribution in [3.63, 3.8) is 0 Å². The SMILES string of the molecule is CSC(CC(C)C)C(C(N)=O)n1nc(CCN2CC(F)C2)c(C)c(C)c1=O. The van der Waals surface area contributed by atoms with Crippen molar-refractivity contribution < 1.29 is 9.18 Å². The van der Waals surface area contributed by atoms with Gasteiger partial charge < -0.3 is 5.73 Å². The molecule has 2 rings (SSSR count). The van der Waals surface area contributed by atoms with Gasteiger partial charge in [-0.25, -0.2) is 9.07 Å². The Labute approximate surface area is 164 Å². The van der Waals surface area contributed by atoms with Crippen molar-refractivity contribution in [2.45, 2.75) is 58.0 Å². The Morgan fingerprint density at radius 2 is 1.96 bits per heavy atom. The van der Waals surface area contributed by atoms with Crippen LogP contribution in [0.3, 0.4) is 0 Å². The number of aromatic nitrogens is 2. The lowest BCUT2D eigenvalue weighted by Crippen LogP contribution is -2.49. The standard InChI is InChI=1S/C19H31FN4O2S/c1-11(2)8-16(27-5)17(18(21)25)24-19(26)13(4)12(3)15(22-24)6-7-23-9-14(20)10-23/h11,14,16-17H,6-10H2,1-5H3,(H2,21,25). The Morgan fingerprint density at radius 3 is 2.44 bits per heavy atom. The quantitative estimate of drug-likeness (QED) is 0.687. The van der Waals surface area contributed by atoms with E-state index in [0.29, 0.717) is 37.5 Å². The van der Waals surface area contributed by atoms with Crippen molar-refractivity contribution >= 4 is 17.7 Å². The van der Waals surface area contributed by atoms with Gasteiger partial charge in [-0.15, -0.1) is 0 Å². The van der Waals surface area contributed by atoms with Crippen molar-refractivity contribution in [1.29, 1.82) is 0 Å². The zero-order valence-corrected chi connectivity index (χ0v) is 17.7. The van der Waals surface area contributed by atoms with Gasteiger partial charge in [-0.1, -0.05) is 13.8 Å². The molecule has 2 N–H and O–H groups in total. The first-order valence-corrected chi connectivity index (χ1v) is 10.7. The molecule has 2 heterocycles. The molecule has 1 amide bonds. The minimum absolute atomic E-state index is 0.120.